The third kappa shape index (κ3) is 5.03. The Balaban J connectivity index is 2.47. The molecule has 20 heavy (non-hydrogen) atoms. The first-order valence-corrected chi connectivity index (χ1v) is 7.04. The van der Waals surface area contributed by atoms with Crippen molar-refractivity contribution in [2.75, 3.05) is 0 Å². The number of rotatable bonds is 7. The van der Waals surface area contributed by atoms with E-state index in [0.29, 0.717) is 12.8 Å². The van der Waals surface area contributed by atoms with Crippen molar-refractivity contribution >= 4 is 11.9 Å². The fourth-order valence-electron chi connectivity index (χ4n) is 1.96. The number of carbonyl (C=O) groups excluding carboxylic acids is 1. The van der Waals surface area contributed by atoms with E-state index in [4.69, 9.17) is 5.11 Å². The summed E-state index contributed by atoms with van der Waals surface area (Å²) >= 11 is 0. The first-order valence-electron chi connectivity index (χ1n) is 7.04. The molecular weight excluding hydrogens is 254 g/mol. The molecule has 0 radical (unpaired) electrons. The van der Waals surface area contributed by atoms with Crippen molar-refractivity contribution in [2.45, 2.75) is 46.1 Å². The number of aryl methyl sites for hydroxylation is 2. The van der Waals surface area contributed by atoms with Gasteiger partial charge in [0.1, 0.15) is 6.04 Å². The summed E-state index contributed by atoms with van der Waals surface area (Å²) in [7, 11) is 0. The minimum absolute atomic E-state index is 0.125. The molecule has 0 aliphatic rings. The first-order chi connectivity index (χ1) is 9.43. The molecule has 4 heteroatoms. The number of carbonyl (C=O) groups is 2. The summed E-state index contributed by atoms with van der Waals surface area (Å²) < 4.78 is 0. The lowest BCUT2D eigenvalue weighted by atomic mass is 10.0. The molecule has 0 saturated heterocycles. The van der Waals surface area contributed by atoms with Gasteiger partial charge in [0.05, 0.1) is 0 Å². The number of hydrogen-bond donors (Lipinski definition) is 2. The van der Waals surface area contributed by atoms with Gasteiger partial charge in [-0.3, -0.25) is 4.79 Å². The number of benzene rings is 1. The third-order valence-corrected chi connectivity index (χ3v) is 3.32. The van der Waals surface area contributed by atoms with E-state index in [2.05, 4.69) is 24.4 Å². The molecule has 0 fully saturated rings. The van der Waals surface area contributed by atoms with Crippen LogP contribution in [0.3, 0.4) is 0 Å². The fraction of sp³-hybridized carbons (Fsp3) is 0.500. The maximum atomic E-state index is 11.8. The second-order valence-electron chi connectivity index (χ2n) is 5.30. The van der Waals surface area contributed by atoms with Crippen LogP contribution in [0.5, 0.6) is 0 Å². The van der Waals surface area contributed by atoms with Crippen molar-refractivity contribution in [3.05, 3.63) is 35.4 Å². The number of aliphatic carboxylic acids is 1. The van der Waals surface area contributed by atoms with Crippen LogP contribution in [0.15, 0.2) is 24.3 Å². The van der Waals surface area contributed by atoms with Gasteiger partial charge in [-0.2, -0.15) is 0 Å². The molecule has 1 aromatic carbocycles. The van der Waals surface area contributed by atoms with Gasteiger partial charge >= 0.3 is 5.97 Å². The van der Waals surface area contributed by atoms with Crippen LogP contribution in [0.2, 0.25) is 0 Å². The SMILES string of the molecule is CCc1ccc(CCC(=O)N[C@H](C(=O)O)C(C)C)cc1. The predicted molar refractivity (Wildman–Crippen MR) is 78.5 cm³/mol. The van der Waals surface area contributed by atoms with Gasteiger partial charge in [0, 0.05) is 6.42 Å². The molecule has 4 nitrogen and oxygen atoms in total. The zero-order valence-electron chi connectivity index (χ0n) is 12.3. The van der Waals surface area contributed by atoms with Gasteiger partial charge < -0.3 is 10.4 Å². The van der Waals surface area contributed by atoms with Crippen LogP contribution in [-0.2, 0) is 22.4 Å². The quantitative estimate of drug-likeness (QED) is 0.804. The number of carboxylic acids is 1. The summed E-state index contributed by atoms with van der Waals surface area (Å²) in [6, 6.07) is 7.33. The Bertz CT molecular complexity index is 451. The average Bonchev–Trinajstić information content (AvgIpc) is 2.42. The second kappa shape index (κ2) is 7.68. The highest BCUT2D eigenvalue weighted by Crippen LogP contribution is 2.08. The highest BCUT2D eigenvalue weighted by molar-refractivity contribution is 5.83. The molecule has 0 saturated carbocycles. The molecule has 1 rings (SSSR count). The van der Waals surface area contributed by atoms with E-state index in [-0.39, 0.29) is 11.8 Å². The van der Waals surface area contributed by atoms with Crippen molar-refractivity contribution < 1.29 is 14.7 Å². The maximum absolute atomic E-state index is 11.8. The molecule has 1 amide bonds. The Morgan fingerprint density at radius 1 is 1.15 bits per heavy atom. The average molecular weight is 277 g/mol. The van der Waals surface area contributed by atoms with Gasteiger partial charge in [-0.25, -0.2) is 4.79 Å². The van der Waals surface area contributed by atoms with Gasteiger partial charge in [-0.1, -0.05) is 45.0 Å². The Hall–Kier alpha value is -1.84. The molecule has 0 bridgehead atoms. The topological polar surface area (TPSA) is 66.4 Å². The van der Waals surface area contributed by atoms with E-state index in [9.17, 15) is 9.59 Å². The first kappa shape index (κ1) is 16.2. The maximum Gasteiger partial charge on any atom is 0.326 e. The van der Waals surface area contributed by atoms with Gasteiger partial charge in [0.2, 0.25) is 5.91 Å². The highest BCUT2D eigenvalue weighted by atomic mass is 16.4. The standard InChI is InChI=1S/C16H23NO3/c1-4-12-5-7-13(8-6-12)9-10-14(18)17-15(11(2)3)16(19)20/h5-8,11,15H,4,9-10H2,1-3H3,(H,17,18)(H,19,20)/t15-/m0/s1. The molecule has 110 valence electrons. The molecular formula is C16H23NO3. The number of nitrogens with one attached hydrogen (secondary N) is 1. The van der Waals surface area contributed by atoms with Crippen LogP contribution in [0, 0.1) is 5.92 Å². The van der Waals surface area contributed by atoms with Crippen LogP contribution in [0.1, 0.15) is 38.3 Å². The molecule has 0 spiro atoms. The van der Waals surface area contributed by atoms with Crippen molar-refractivity contribution in [3.63, 3.8) is 0 Å². The highest BCUT2D eigenvalue weighted by Gasteiger charge is 2.22. The Kier molecular flexibility index (Phi) is 6.22. The molecule has 0 aliphatic heterocycles. The largest absolute Gasteiger partial charge is 0.480 e. The normalized spacial score (nSPS) is 12.2. The monoisotopic (exact) mass is 277 g/mol. The lowest BCUT2D eigenvalue weighted by molar-refractivity contribution is -0.143. The number of hydrogen-bond acceptors (Lipinski definition) is 2. The van der Waals surface area contributed by atoms with Crippen molar-refractivity contribution in [1.82, 2.24) is 5.32 Å². The molecule has 0 unspecified atom stereocenters. The summed E-state index contributed by atoms with van der Waals surface area (Å²) in [5, 5.41) is 11.6. The van der Waals surface area contributed by atoms with Crippen molar-refractivity contribution in [1.29, 1.82) is 0 Å². The molecule has 1 atom stereocenters. The van der Waals surface area contributed by atoms with E-state index in [1.807, 2.05) is 12.1 Å². The van der Waals surface area contributed by atoms with E-state index in [0.717, 1.165) is 12.0 Å². The van der Waals surface area contributed by atoms with Crippen LogP contribution in [0.25, 0.3) is 0 Å². The van der Waals surface area contributed by atoms with Crippen molar-refractivity contribution in [2.24, 2.45) is 5.92 Å². The van der Waals surface area contributed by atoms with E-state index in [1.165, 1.54) is 5.56 Å². The van der Waals surface area contributed by atoms with E-state index in [1.54, 1.807) is 13.8 Å². The smallest absolute Gasteiger partial charge is 0.326 e. The number of carboxylic acid groups (broad SMARTS) is 1. The fourth-order valence-corrected chi connectivity index (χ4v) is 1.96. The van der Waals surface area contributed by atoms with Crippen LogP contribution in [0.4, 0.5) is 0 Å². The lowest BCUT2D eigenvalue weighted by Gasteiger charge is -2.17. The minimum Gasteiger partial charge on any atom is -0.480 e. The summed E-state index contributed by atoms with van der Waals surface area (Å²) in [6.45, 7) is 5.66. The number of amides is 1. The Morgan fingerprint density at radius 2 is 1.70 bits per heavy atom. The zero-order chi connectivity index (χ0) is 15.1. The summed E-state index contributed by atoms with van der Waals surface area (Å²) in [4.78, 5) is 22.8. The van der Waals surface area contributed by atoms with Crippen LogP contribution in [-0.4, -0.2) is 23.0 Å². The molecule has 0 aliphatic carbocycles. The van der Waals surface area contributed by atoms with Crippen molar-refractivity contribution in [3.8, 4) is 0 Å². The van der Waals surface area contributed by atoms with E-state index < -0.39 is 12.0 Å². The molecule has 0 aromatic heterocycles. The summed E-state index contributed by atoms with van der Waals surface area (Å²) in [5.41, 5.74) is 2.36. The van der Waals surface area contributed by atoms with Gasteiger partial charge in [-0.05, 0) is 29.9 Å². The van der Waals surface area contributed by atoms with Gasteiger partial charge in [-0.15, -0.1) is 0 Å². The van der Waals surface area contributed by atoms with Crippen LogP contribution >= 0.6 is 0 Å². The predicted octanol–water partition coefficient (Wildman–Crippen LogP) is 2.41. The Labute approximate surface area is 120 Å². The third-order valence-electron chi connectivity index (χ3n) is 3.32. The van der Waals surface area contributed by atoms with E-state index >= 15 is 0 Å². The Morgan fingerprint density at radius 3 is 2.15 bits per heavy atom. The zero-order valence-corrected chi connectivity index (χ0v) is 12.3. The minimum atomic E-state index is -0.986. The van der Waals surface area contributed by atoms with Crippen LogP contribution < -0.4 is 5.32 Å². The summed E-state index contributed by atoms with van der Waals surface area (Å²) in [6.07, 6.45) is 1.93. The lowest BCUT2D eigenvalue weighted by Crippen LogP contribution is -2.44. The summed E-state index contributed by atoms with van der Waals surface area (Å²) in [5.74, 6) is -1.33. The molecule has 2 N–H and O–H groups in total. The molecule has 0 heterocycles. The van der Waals surface area contributed by atoms with Gasteiger partial charge in [0.15, 0.2) is 0 Å². The second-order valence-corrected chi connectivity index (χ2v) is 5.30. The van der Waals surface area contributed by atoms with Gasteiger partial charge in [0.25, 0.3) is 0 Å². The molecule has 1 aromatic rings.